The van der Waals surface area contributed by atoms with Crippen molar-refractivity contribution in [2.75, 3.05) is 32.8 Å². The van der Waals surface area contributed by atoms with Crippen LogP contribution < -0.4 is 0 Å². The number of hydrogen-bond acceptors (Lipinski definition) is 4. The molecule has 0 saturated carbocycles. The average molecular weight is 350 g/mol. The summed E-state index contributed by atoms with van der Waals surface area (Å²) in [5, 5.41) is 4.39. The summed E-state index contributed by atoms with van der Waals surface area (Å²) in [6.07, 6.45) is 0. The molecule has 2 amide bonds. The molecule has 0 aromatic carbocycles. The molecule has 1 atom stereocenters. The van der Waals surface area contributed by atoms with Crippen LogP contribution in [0.4, 0.5) is 0 Å². The summed E-state index contributed by atoms with van der Waals surface area (Å²) in [6.45, 7) is 13.3. The maximum Gasteiger partial charge on any atom is 0.272 e. The second-order valence-corrected chi connectivity index (χ2v) is 6.94. The fourth-order valence-electron chi connectivity index (χ4n) is 3.16. The van der Waals surface area contributed by atoms with Gasteiger partial charge in [-0.25, -0.2) is 0 Å². The molecule has 2 rings (SSSR count). The molecular weight excluding hydrogens is 320 g/mol. The Morgan fingerprint density at radius 2 is 2.12 bits per heavy atom. The molecule has 0 spiro atoms. The summed E-state index contributed by atoms with van der Waals surface area (Å²) in [4.78, 5) is 29.1. The highest BCUT2D eigenvalue weighted by molar-refractivity contribution is 5.97. The number of piperazine rings is 1. The first-order valence-corrected chi connectivity index (χ1v) is 9.07. The Labute approximate surface area is 149 Å². The lowest BCUT2D eigenvalue weighted by atomic mass is 10.1. The van der Waals surface area contributed by atoms with E-state index in [-0.39, 0.29) is 11.8 Å². The van der Waals surface area contributed by atoms with E-state index in [1.807, 2.05) is 18.7 Å². The maximum atomic E-state index is 13.0. The van der Waals surface area contributed by atoms with Gasteiger partial charge in [-0.05, 0) is 32.8 Å². The van der Waals surface area contributed by atoms with Crippen molar-refractivity contribution in [1.29, 1.82) is 0 Å². The zero-order valence-electron chi connectivity index (χ0n) is 16.0. The second kappa shape index (κ2) is 8.47. The van der Waals surface area contributed by atoms with E-state index < -0.39 is 6.04 Å². The Bertz CT molecular complexity index is 611. The summed E-state index contributed by atoms with van der Waals surface area (Å²) in [6, 6.07) is 1.34. The molecule has 25 heavy (non-hydrogen) atoms. The van der Waals surface area contributed by atoms with E-state index in [0.29, 0.717) is 44.5 Å². The molecule has 1 aliphatic rings. The Morgan fingerprint density at radius 1 is 1.40 bits per heavy atom. The van der Waals surface area contributed by atoms with Crippen molar-refractivity contribution >= 4 is 11.8 Å². The number of rotatable bonds is 7. The summed E-state index contributed by atoms with van der Waals surface area (Å²) in [5.74, 6) is 0.300. The number of carbonyl (C=O) groups excluding carboxylic acids is 2. The molecule has 0 aliphatic carbocycles. The number of hydrogen-bond donors (Lipinski definition) is 0. The van der Waals surface area contributed by atoms with Gasteiger partial charge in [0.2, 0.25) is 5.91 Å². The normalized spacial score (nSPS) is 18.3. The van der Waals surface area contributed by atoms with E-state index in [0.717, 1.165) is 12.2 Å². The van der Waals surface area contributed by atoms with Crippen molar-refractivity contribution in [2.45, 2.75) is 47.2 Å². The Morgan fingerprint density at radius 3 is 2.76 bits per heavy atom. The zero-order chi connectivity index (χ0) is 18.6. The molecule has 1 saturated heterocycles. The summed E-state index contributed by atoms with van der Waals surface area (Å²) in [5.41, 5.74) is 1.31. The molecular formula is C18H30N4O3. The average Bonchev–Trinajstić information content (AvgIpc) is 2.92. The number of ether oxygens (including phenoxy) is 1. The summed E-state index contributed by atoms with van der Waals surface area (Å²) in [7, 11) is 0. The van der Waals surface area contributed by atoms with E-state index in [9.17, 15) is 9.59 Å². The lowest BCUT2D eigenvalue weighted by Gasteiger charge is -2.39. The second-order valence-electron chi connectivity index (χ2n) is 6.94. The molecule has 1 aliphatic heterocycles. The van der Waals surface area contributed by atoms with Gasteiger partial charge in [0, 0.05) is 26.2 Å². The third kappa shape index (κ3) is 4.60. The molecule has 7 heteroatoms. The monoisotopic (exact) mass is 350 g/mol. The van der Waals surface area contributed by atoms with Crippen LogP contribution in [0.25, 0.3) is 0 Å². The van der Waals surface area contributed by atoms with Crippen LogP contribution in [0.15, 0.2) is 6.07 Å². The number of aromatic nitrogens is 2. The first kappa shape index (κ1) is 19.4. The molecule has 0 N–H and O–H groups in total. The highest BCUT2D eigenvalue weighted by Gasteiger charge is 2.35. The van der Waals surface area contributed by atoms with Crippen molar-refractivity contribution < 1.29 is 14.3 Å². The predicted octanol–water partition coefficient (Wildman–Crippen LogP) is 1.56. The highest BCUT2D eigenvalue weighted by atomic mass is 16.5. The van der Waals surface area contributed by atoms with Crippen LogP contribution in [-0.4, -0.2) is 70.3 Å². The molecule has 0 radical (unpaired) electrons. The molecule has 1 aromatic heterocycles. The SMILES string of the molecule is CCOCCn1nc(C)cc1C(=O)N1CCN(CC(C)C)C(=O)C1C. The molecule has 140 valence electrons. The van der Waals surface area contributed by atoms with E-state index in [1.54, 1.807) is 22.6 Å². The number of carbonyl (C=O) groups is 2. The fourth-order valence-corrected chi connectivity index (χ4v) is 3.16. The lowest BCUT2D eigenvalue weighted by molar-refractivity contribution is -0.140. The van der Waals surface area contributed by atoms with Gasteiger partial charge in [0.1, 0.15) is 11.7 Å². The van der Waals surface area contributed by atoms with Gasteiger partial charge in [0.05, 0.1) is 18.8 Å². The first-order valence-electron chi connectivity index (χ1n) is 9.07. The Hall–Kier alpha value is -1.89. The standard InChI is InChI=1S/C18H30N4O3/c1-6-25-10-9-22-16(11-14(4)19-22)18(24)21-8-7-20(12-13(2)3)17(23)15(21)5/h11,13,15H,6-10,12H2,1-5H3. The van der Waals surface area contributed by atoms with Crippen LogP contribution in [-0.2, 0) is 16.1 Å². The molecule has 2 heterocycles. The van der Waals surface area contributed by atoms with Crippen LogP contribution in [0.1, 0.15) is 43.9 Å². The predicted molar refractivity (Wildman–Crippen MR) is 95.4 cm³/mol. The largest absolute Gasteiger partial charge is 0.380 e. The third-order valence-corrected chi connectivity index (χ3v) is 4.37. The minimum absolute atomic E-state index is 0.0189. The number of amides is 2. The van der Waals surface area contributed by atoms with Crippen molar-refractivity contribution in [3.05, 3.63) is 17.5 Å². The van der Waals surface area contributed by atoms with Gasteiger partial charge in [-0.2, -0.15) is 5.10 Å². The van der Waals surface area contributed by atoms with Gasteiger partial charge in [0.25, 0.3) is 5.91 Å². The Kier molecular flexibility index (Phi) is 6.58. The summed E-state index contributed by atoms with van der Waals surface area (Å²) >= 11 is 0. The van der Waals surface area contributed by atoms with E-state index in [1.165, 1.54) is 0 Å². The molecule has 1 fully saturated rings. The lowest BCUT2D eigenvalue weighted by Crippen LogP contribution is -2.58. The number of nitrogens with zero attached hydrogens (tertiary/aromatic N) is 4. The highest BCUT2D eigenvalue weighted by Crippen LogP contribution is 2.17. The third-order valence-electron chi connectivity index (χ3n) is 4.37. The van der Waals surface area contributed by atoms with Gasteiger partial charge < -0.3 is 14.5 Å². The minimum atomic E-state index is -0.449. The first-order chi connectivity index (χ1) is 11.8. The van der Waals surface area contributed by atoms with Crippen LogP contribution in [0, 0.1) is 12.8 Å². The zero-order valence-corrected chi connectivity index (χ0v) is 16.0. The van der Waals surface area contributed by atoms with Gasteiger partial charge >= 0.3 is 0 Å². The molecule has 7 nitrogen and oxygen atoms in total. The maximum absolute atomic E-state index is 13.0. The van der Waals surface area contributed by atoms with Crippen molar-refractivity contribution in [3.8, 4) is 0 Å². The topological polar surface area (TPSA) is 67.7 Å². The Balaban J connectivity index is 2.12. The van der Waals surface area contributed by atoms with Crippen molar-refractivity contribution in [1.82, 2.24) is 19.6 Å². The van der Waals surface area contributed by atoms with Crippen molar-refractivity contribution in [3.63, 3.8) is 0 Å². The van der Waals surface area contributed by atoms with E-state index >= 15 is 0 Å². The van der Waals surface area contributed by atoms with Gasteiger partial charge in [0.15, 0.2) is 0 Å². The molecule has 1 aromatic rings. The fraction of sp³-hybridized carbons (Fsp3) is 0.722. The van der Waals surface area contributed by atoms with E-state index in [4.69, 9.17) is 4.74 Å². The quantitative estimate of drug-likeness (QED) is 0.700. The molecule has 1 unspecified atom stereocenters. The summed E-state index contributed by atoms with van der Waals surface area (Å²) < 4.78 is 7.06. The van der Waals surface area contributed by atoms with Crippen LogP contribution in [0.2, 0.25) is 0 Å². The van der Waals surface area contributed by atoms with Gasteiger partial charge in [-0.3, -0.25) is 14.3 Å². The van der Waals surface area contributed by atoms with E-state index in [2.05, 4.69) is 18.9 Å². The smallest absolute Gasteiger partial charge is 0.272 e. The van der Waals surface area contributed by atoms with Crippen LogP contribution in [0.3, 0.4) is 0 Å². The van der Waals surface area contributed by atoms with Gasteiger partial charge in [-0.1, -0.05) is 13.8 Å². The van der Waals surface area contributed by atoms with Gasteiger partial charge in [-0.15, -0.1) is 0 Å². The van der Waals surface area contributed by atoms with Crippen molar-refractivity contribution in [2.24, 2.45) is 5.92 Å². The minimum Gasteiger partial charge on any atom is -0.380 e. The number of aryl methyl sites for hydroxylation is 1. The van der Waals surface area contributed by atoms with Crippen LogP contribution in [0.5, 0.6) is 0 Å². The molecule has 0 bridgehead atoms. The van der Waals surface area contributed by atoms with Crippen LogP contribution >= 0.6 is 0 Å².